The lowest BCUT2D eigenvalue weighted by atomic mass is 9.93. The Labute approximate surface area is 237 Å². The highest BCUT2D eigenvalue weighted by molar-refractivity contribution is 5.87. The van der Waals surface area contributed by atoms with Gasteiger partial charge in [-0.3, -0.25) is 4.68 Å². The number of anilines is 1. The van der Waals surface area contributed by atoms with Crippen molar-refractivity contribution in [2.24, 2.45) is 5.73 Å². The van der Waals surface area contributed by atoms with Crippen LogP contribution in [0.25, 0.3) is 28.0 Å². The molecule has 0 spiro atoms. The van der Waals surface area contributed by atoms with Gasteiger partial charge in [-0.25, -0.2) is 0 Å². The molecule has 0 atom stereocenters. The number of fused-ring (bicyclic) bond motifs is 2. The minimum atomic E-state index is 0.644. The average molecular weight is 527 g/mol. The number of rotatable bonds is 10. The molecule has 3 aromatic carbocycles. The van der Waals surface area contributed by atoms with Gasteiger partial charge in [0.15, 0.2) is 0 Å². The standard InChI is InChI=1S/C36H38N4/c1-3-12-34-33-18-9-10-19-35(33)40(36(34)27(2)22-24-38-32-16-5-4-6-17-32)39-26-31(15-11-23-37)30-21-20-28-13-7-8-14-29(28)25-30/h3-8,11-17,20-25,38-39H,2,9-10,18-19,26,37H2,1H3/b12-3-,23-11-,24-22-,31-15+. The molecule has 0 aliphatic heterocycles. The molecule has 0 fully saturated rings. The monoisotopic (exact) mass is 526 g/mol. The molecule has 0 bridgehead atoms. The topological polar surface area (TPSA) is 55.0 Å². The van der Waals surface area contributed by atoms with Crippen molar-refractivity contribution >= 4 is 33.7 Å². The second-order valence-corrected chi connectivity index (χ2v) is 10.1. The Morgan fingerprint density at radius 2 is 1.75 bits per heavy atom. The van der Waals surface area contributed by atoms with E-state index in [-0.39, 0.29) is 0 Å². The van der Waals surface area contributed by atoms with Crippen molar-refractivity contribution in [1.29, 1.82) is 0 Å². The van der Waals surface area contributed by atoms with E-state index >= 15 is 0 Å². The van der Waals surface area contributed by atoms with Crippen LogP contribution in [0.2, 0.25) is 0 Å². The van der Waals surface area contributed by atoms with Crippen molar-refractivity contribution in [2.45, 2.75) is 32.6 Å². The van der Waals surface area contributed by atoms with Crippen LogP contribution in [-0.4, -0.2) is 11.2 Å². The lowest BCUT2D eigenvalue weighted by Gasteiger charge is -2.20. The summed E-state index contributed by atoms with van der Waals surface area (Å²) in [7, 11) is 0. The van der Waals surface area contributed by atoms with Gasteiger partial charge in [-0.15, -0.1) is 0 Å². The second-order valence-electron chi connectivity index (χ2n) is 10.1. The largest absolute Gasteiger partial charge is 0.405 e. The van der Waals surface area contributed by atoms with Gasteiger partial charge in [-0.05, 0) is 102 Å². The van der Waals surface area contributed by atoms with Crippen LogP contribution in [0.3, 0.4) is 0 Å². The van der Waals surface area contributed by atoms with E-state index in [1.165, 1.54) is 46.0 Å². The fraction of sp³-hybridized carbons (Fsp3) is 0.167. The molecule has 5 rings (SSSR count). The first-order chi connectivity index (χ1) is 19.7. The number of nitrogens with zero attached hydrogens (tertiary/aromatic N) is 1. The molecular formula is C36H38N4. The van der Waals surface area contributed by atoms with Crippen molar-refractivity contribution in [3.63, 3.8) is 0 Å². The molecule has 1 aromatic heterocycles. The summed E-state index contributed by atoms with van der Waals surface area (Å²) < 4.78 is 2.29. The molecule has 1 aliphatic rings. The summed E-state index contributed by atoms with van der Waals surface area (Å²) in [6.07, 6.45) is 18.5. The van der Waals surface area contributed by atoms with Gasteiger partial charge >= 0.3 is 0 Å². The zero-order chi connectivity index (χ0) is 27.7. The van der Waals surface area contributed by atoms with Gasteiger partial charge in [0.25, 0.3) is 0 Å². The highest BCUT2D eigenvalue weighted by Gasteiger charge is 2.24. The maximum absolute atomic E-state index is 5.75. The smallest absolute Gasteiger partial charge is 0.0765 e. The van der Waals surface area contributed by atoms with Crippen LogP contribution in [-0.2, 0) is 12.8 Å². The predicted octanol–water partition coefficient (Wildman–Crippen LogP) is 8.29. The summed E-state index contributed by atoms with van der Waals surface area (Å²) in [5.74, 6) is 0. The maximum Gasteiger partial charge on any atom is 0.0765 e. The predicted molar refractivity (Wildman–Crippen MR) is 174 cm³/mol. The van der Waals surface area contributed by atoms with Crippen molar-refractivity contribution in [2.75, 3.05) is 17.3 Å². The van der Waals surface area contributed by atoms with Crippen LogP contribution >= 0.6 is 0 Å². The summed E-state index contributed by atoms with van der Waals surface area (Å²) in [4.78, 5) is 0. The molecule has 202 valence electrons. The molecule has 0 saturated carbocycles. The number of para-hydroxylation sites is 1. The highest BCUT2D eigenvalue weighted by atomic mass is 15.4. The molecule has 0 radical (unpaired) electrons. The Kier molecular flexibility index (Phi) is 8.67. The van der Waals surface area contributed by atoms with E-state index in [0.29, 0.717) is 6.54 Å². The number of aromatic nitrogens is 1. The summed E-state index contributed by atoms with van der Waals surface area (Å²) in [6, 6.07) is 25.3. The van der Waals surface area contributed by atoms with Crippen molar-refractivity contribution in [3.05, 3.63) is 144 Å². The van der Waals surface area contributed by atoms with Gasteiger partial charge in [0.1, 0.15) is 0 Å². The van der Waals surface area contributed by atoms with Gasteiger partial charge in [0.05, 0.1) is 12.2 Å². The van der Waals surface area contributed by atoms with Crippen molar-refractivity contribution in [3.8, 4) is 0 Å². The number of hydrogen-bond donors (Lipinski definition) is 3. The van der Waals surface area contributed by atoms with Crippen molar-refractivity contribution < 1.29 is 0 Å². The van der Waals surface area contributed by atoms with Crippen LogP contribution in [0.5, 0.6) is 0 Å². The average Bonchev–Trinajstić information content (AvgIpc) is 3.31. The minimum absolute atomic E-state index is 0.644. The van der Waals surface area contributed by atoms with E-state index in [2.05, 4.69) is 108 Å². The van der Waals surface area contributed by atoms with Crippen LogP contribution in [0.4, 0.5) is 5.69 Å². The molecule has 0 saturated heterocycles. The third-order valence-corrected chi connectivity index (χ3v) is 7.41. The van der Waals surface area contributed by atoms with E-state index in [4.69, 9.17) is 5.73 Å². The molecular weight excluding hydrogens is 488 g/mol. The first-order valence-electron chi connectivity index (χ1n) is 14.1. The number of hydrogen-bond acceptors (Lipinski definition) is 3. The third-order valence-electron chi connectivity index (χ3n) is 7.41. The lowest BCUT2D eigenvalue weighted by molar-refractivity contribution is 0.648. The molecule has 4 nitrogen and oxygen atoms in total. The van der Waals surface area contributed by atoms with Crippen molar-refractivity contribution in [1.82, 2.24) is 4.68 Å². The Bertz CT molecular complexity index is 1600. The normalized spacial score (nSPS) is 13.9. The summed E-state index contributed by atoms with van der Waals surface area (Å²) in [6.45, 7) is 7.23. The van der Waals surface area contributed by atoms with E-state index in [1.54, 1.807) is 6.20 Å². The quantitative estimate of drug-likeness (QED) is 0.182. The van der Waals surface area contributed by atoms with E-state index in [0.717, 1.165) is 35.4 Å². The van der Waals surface area contributed by atoms with Crippen LogP contribution < -0.4 is 16.5 Å². The molecule has 0 unspecified atom stereocenters. The third kappa shape index (κ3) is 5.97. The summed E-state index contributed by atoms with van der Waals surface area (Å²) in [5.41, 5.74) is 19.0. The van der Waals surface area contributed by atoms with Gasteiger partial charge in [0, 0.05) is 23.1 Å². The highest BCUT2D eigenvalue weighted by Crippen LogP contribution is 2.34. The molecule has 1 aliphatic carbocycles. The summed E-state index contributed by atoms with van der Waals surface area (Å²) in [5, 5.41) is 5.83. The zero-order valence-electron chi connectivity index (χ0n) is 23.2. The molecule has 4 heteroatoms. The van der Waals surface area contributed by atoms with E-state index in [9.17, 15) is 0 Å². The molecule has 4 aromatic rings. The first-order valence-corrected chi connectivity index (χ1v) is 14.1. The second kappa shape index (κ2) is 12.9. The molecule has 40 heavy (non-hydrogen) atoms. The summed E-state index contributed by atoms with van der Waals surface area (Å²) >= 11 is 0. The fourth-order valence-electron chi connectivity index (χ4n) is 5.50. The van der Waals surface area contributed by atoms with Gasteiger partial charge in [0.2, 0.25) is 0 Å². The van der Waals surface area contributed by atoms with E-state index in [1.807, 2.05) is 30.5 Å². The Balaban J connectivity index is 1.49. The van der Waals surface area contributed by atoms with Gasteiger partial charge < -0.3 is 16.5 Å². The van der Waals surface area contributed by atoms with Gasteiger partial charge in [-0.2, -0.15) is 0 Å². The number of benzene rings is 3. The molecule has 0 amide bonds. The van der Waals surface area contributed by atoms with E-state index < -0.39 is 0 Å². The van der Waals surface area contributed by atoms with Crippen LogP contribution in [0.1, 0.15) is 47.8 Å². The SMILES string of the molecule is C=C(/C=C\Nc1ccccc1)c1c(/C=C\C)c2c(n1NC/C(=C\C=C/N)c1ccc3ccccc3c1)CCCC2. The van der Waals surface area contributed by atoms with Gasteiger partial charge in [-0.1, -0.05) is 79.4 Å². The molecule has 4 N–H and O–H groups in total. The Morgan fingerprint density at radius 3 is 2.55 bits per heavy atom. The zero-order valence-corrected chi connectivity index (χ0v) is 23.2. The first kappa shape index (κ1) is 26.9. The Hall–Kier alpha value is -4.70. The lowest BCUT2D eigenvalue weighted by Crippen LogP contribution is -2.22. The number of allylic oxidation sites excluding steroid dienone is 5. The fourth-order valence-corrected chi connectivity index (χ4v) is 5.50. The minimum Gasteiger partial charge on any atom is -0.405 e. The molecule has 1 heterocycles. The van der Waals surface area contributed by atoms with Crippen LogP contribution in [0, 0.1) is 0 Å². The number of nitrogens with one attached hydrogen (secondary N) is 2. The van der Waals surface area contributed by atoms with Crippen LogP contribution in [0.15, 0.2) is 116 Å². The Morgan fingerprint density at radius 1 is 0.975 bits per heavy atom. The maximum atomic E-state index is 5.75. The number of nitrogens with two attached hydrogens (primary N) is 1.